The van der Waals surface area contributed by atoms with E-state index in [1.807, 2.05) is 11.8 Å². The first kappa shape index (κ1) is 16.0. The number of hydrogen-bond donors (Lipinski definition) is 1. The van der Waals surface area contributed by atoms with Crippen molar-refractivity contribution in [1.29, 1.82) is 0 Å². The van der Waals surface area contributed by atoms with Crippen molar-refractivity contribution in [1.82, 2.24) is 5.32 Å². The van der Waals surface area contributed by atoms with Crippen LogP contribution >= 0.6 is 11.8 Å². The number of thioether (sulfide) groups is 1. The fourth-order valence-corrected chi connectivity index (χ4v) is 4.39. The molecule has 2 unspecified atom stereocenters. The summed E-state index contributed by atoms with van der Waals surface area (Å²) < 4.78 is 11.7. The topological polar surface area (TPSA) is 30.5 Å². The molecule has 2 atom stereocenters. The van der Waals surface area contributed by atoms with Crippen molar-refractivity contribution in [3.63, 3.8) is 0 Å². The Balaban J connectivity index is 1.67. The van der Waals surface area contributed by atoms with Gasteiger partial charge < -0.3 is 14.8 Å². The Hall–Kier alpha value is -0.870. The molecule has 0 saturated carbocycles. The van der Waals surface area contributed by atoms with Crippen molar-refractivity contribution in [2.24, 2.45) is 5.92 Å². The first-order valence-corrected chi connectivity index (χ1v) is 9.62. The van der Waals surface area contributed by atoms with Gasteiger partial charge in [0.25, 0.3) is 0 Å². The Morgan fingerprint density at radius 2 is 2.18 bits per heavy atom. The zero-order valence-electron chi connectivity index (χ0n) is 13.5. The quantitative estimate of drug-likeness (QED) is 0.899. The molecule has 4 heteroatoms. The first-order chi connectivity index (χ1) is 10.8. The van der Waals surface area contributed by atoms with Gasteiger partial charge in [-0.25, -0.2) is 0 Å². The van der Waals surface area contributed by atoms with E-state index in [-0.39, 0.29) is 0 Å². The van der Waals surface area contributed by atoms with Gasteiger partial charge in [-0.15, -0.1) is 0 Å². The van der Waals surface area contributed by atoms with Gasteiger partial charge in [-0.3, -0.25) is 0 Å². The van der Waals surface area contributed by atoms with Crippen LogP contribution in [0.2, 0.25) is 0 Å². The molecule has 122 valence electrons. The molecule has 0 spiro atoms. The van der Waals surface area contributed by atoms with E-state index in [1.54, 1.807) is 7.11 Å². The molecule has 0 bridgehead atoms. The van der Waals surface area contributed by atoms with Gasteiger partial charge in [0.05, 0.1) is 7.11 Å². The van der Waals surface area contributed by atoms with Gasteiger partial charge in [0, 0.05) is 5.75 Å². The van der Waals surface area contributed by atoms with Crippen molar-refractivity contribution in [3.05, 3.63) is 23.8 Å². The highest BCUT2D eigenvalue weighted by atomic mass is 32.2. The predicted molar refractivity (Wildman–Crippen MR) is 93.3 cm³/mol. The molecule has 3 nitrogen and oxygen atoms in total. The lowest BCUT2D eigenvalue weighted by atomic mass is 9.92. The largest absolute Gasteiger partial charge is 0.493 e. The second-order valence-corrected chi connectivity index (χ2v) is 7.51. The normalized spacial score (nSPS) is 25.7. The molecule has 0 radical (unpaired) electrons. The Morgan fingerprint density at radius 3 is 2.91 bits per heavy atom. The molecule has 0 amide bonds. The van der Waals surface area contributed by atoms with Crippen LogP contribution < -0.4 is 14.8 Å². The van der Waals surface area contributed by atoms with Gasteiger partial charge >= 0.3 is 0 Å². The molecule has 2 heterocycles. The molecular formula is C18H27NO2S. The maximum atomic E-state index is 6.25. The number of rotatable bonds is 5. The first-order valence-electron chi connectivity index (χ1n) is 8.47. The van der Waals surface area contributed by atoms with Gasteiger partial charge in [-0.05, 0) is 74.6 Å². The predicted octanol–water partition coefficient (Wildman–Crippen LogP) is 3.51. The van der Waals surface area contributed by atoms with Crippen LogP contribution in [0.25, 0.3) is 0 Å². The fourth-order valence-electron chi connectivity index (χ4n) is 3.36. The molecule has 3 rings (SSSR count). The highest BCUT2D eigenvalue weighted by Gasteiger charge is 2.19. The number of methoxy groups -OCH3 is 1. The summed E-state index contributed by atoms with van der Waals surface area (Å²) in [5, 5.41) is 3.50. The molecular weight excluding hydrogens is 294 g/mol. The number of hydrogen-bond acceptors (Lipinski definition) is 4. The Morgan fingerprint density at radius 1 is 1.23 bits per heavy atom. The highest BCUT2D eigenvalue weighted by Crippen LogP contribution is 2.32. The van der Waals surface area contributed by atoms with Gasteiger partial charge in [0.15, 0.2) is 11.5 Å². The van der Waals surface area contributed by atoms with Crippen LogP contribution in [0.5, 0.6) is 11.5 Å². The van der Waals surface area contributed by atoms with Gasteiger partial charge in [0.1, 0.15) is 6.10 Å². The Labute approximate surface area is 138 Å². The summed E-state index contributed by atoms with van der Waals surface area (Å²) in [6.07, 6.45) is 6.50. The van der Waals surface area contributed by atoms with E-state index < -0.39 is 0 Å². The minimum absolute atomic E-state index is 0.333. The summed E-state index contributed by atoms with van der Waals surface area (Å²) in [5.41, 5.74) is 1.37. The van der Waals surface area contributed by atoms with Gasteiger partial charge in [-0.2, -0.15) is 11.8 Å². The lowest BCUT2D eigenvalue weighted by molar-refractivity contribution is 0.202. The lowest BCUT2D eigenvalue weighted by Crippen LogP contribution is -2.30. The average molecular weight is 321 g/mol. The Bertz CT molecular complexity index is 468. The summed E-state index contributed by atoms with van der Waals surface area (Å²) in [4.78, 5) is 0. The second kappa shape index (κ2) is 8.11. The van der Waals surface area contributed by atoms with Crippen LogP contribution in [0.1, 0.15) is 31.2 Å². The molecule has 2 fully saturated rings. The van der Waals surface area contributed by atoms with E-state index in [0.29, 0.717) is 6.10 Å². The van der Waals surface area contributed by atoms with E-state index >= 15 is 0 Å². The number of benzene rings is 1. The zero-order valence-corrected chi connectivity index (χ0v) is 14.3. The lowest BCUT2D eigenvalue weighted by Gasteiger charge is -2.25. The third-order valence-corrected chi connectivity index (χ3v) is 5.75. The number of ether oxygens (including phenoxy) is 2. The summed E-state index contributed by atoms with van der Waals surface area (Å²) >= 11 is 1.99. The molecule has 1 aromatic carbocycles. The highest BCUT2D eigenvalue weighted by molar-refractivity contribution is 7.99. The van der Waals surface area contributed by atoms with E-state index in [1.165, 1.54) is 37.1 Å². The summed E-state index contributed by atoms with van der Waals surface area (Å²) in [7, 11) is 1.72. The second-order valence-electron chi connectivity index (χ2n) is 6.36. The van der Waals surface area contributed by atoms with Crippen LogP contribution in [0, 0.1) is 5.92 Å². The molecule has 22 heavy (non-hydrogen) atoms. The molecule has 0 aromatic heterocycles. The van der Waals surface area contributed by atoms with Crippen molar-refractivity contribution in [2.75, 3.05) is 31.7 Å². The van der Waals surface area contributed by atoms with Crippen molar-refractivity contribution < 1.29 is 9.47 Å². The van der Waals surface area contributed by atoms with Crippen molar-refractivity contribution >= 4 is 11.8 Å². The number of piperidine rings is 1. The third-order valence-electron chi connectivity index (χ3n) is 4.56. The molecule has 2 aliphatic heterocycles. The minimum Gasteiger partial charge on any atom is -0.493 e. The van der Waals surface area contributed by atoms with Gasteiger partial charge in [0.2, 0.25) is 0 Å². The molecule has 1 aromatic rings. The van der Waals surface area contributed by atoms with E-state index in [4.69, 9.17) is 9.47 Å². The maximum absolute atomic E-state index is 6.25. The maximum Gasteiger partial charge on any atom is 0.161 e. The summed E-state index contributed by atoms with van der Waals surface area (Å²) in [5.74, 6) is 4.91. The Kier molecular flexibility index (Phi) is 5.90. The molecule has 1 N–H and O–H groups in total. The SMILES string of the molecule is COc1ccc(CC2CCCNC2)cc1OC1CCCSC1. The van der Waals surface area contributed by atoms with Crippen molar-refractivity contribution in [2.45, 2.75) is 38.2 Å². The average Bonchev–Trinajstić information content (AvgIpc) is 2.57. The summed E-state index contributed by atoms with van der Waals surface area (Å²) in [6, 6.07) is 6.46. The van der Waals surface area contributed by atoms with Crippen LogP contribution in [-0.4, -0.2) is 37.8 Å². The third kappa shape index (κ3) is 4.32. The molecule has 2 saturated heterocycles. The monoisotopic (exact) mass is 321 g/mol. The zero-order chi connectivity index (χ0) is 15.2. The van der Waals surface area contributed by atoms with Crippen LogP contribution in [0.4, 0.5) is 0 Å². The van der Waals surface area contributed by atoms with Crippen LogP contribution in [0.15, 0.2) is 18.2 Å². The van der Waals surface area contributed by atoms with E-state index in [0.717, 1.165) is 42.6 Å². The minimum atomic E-state index is 0.333. The van der Waals surface area contributed by atoms with E-state index in [9.17, 15) is 0 Å². The van der Waals surface area contributed by atoms with Crippen LogP contribution in [-0.2, 0) is 6.42 Å². The number of nitrogens with one attached hydrogen (secondary N) is 1. The molecule has 0 aliphatic carbocycles. The smallest absolute Gasteiger partial charge is 0.161 e. The molecule has 2 aliphatic rings. The van der Waals surface area contributed by atoms with Gasteiger partial charge in [-0.1, -0.05) is 6.07 Å². The van der Waals surface area contributed by atoms with Crippen LogP contribution in [0.3, 0.4) is 0 Å². The fraction of sp³-hybridized carbons (Fsp3) is 0.667. The summed E-state index contributed by atoms with van der Waals surface area (Å²) in [6.45, 7) is 2.31. The van der Waals surface area contributed by atoms with E-state index in [2.05, 4.69) is 23.5 Å². The van der Waals surface area contributed by atoms with Crippen molar-refractivity contribution in [3.8, 4) is 11.5 Å². The standard InChI is InChI=1S/C18H27NO2S/c1-20-17-7-6-14(10-15-4-2-8-19-12-15)11-18(17)21-16-5-3-9-22-13-16/h6-7,11,15-16,19H,2-5,8-10,12-13H2,1H3.